The molecule has 2 nitrogen and oxygen atoms in total. The van der Waals surface area contributed by atoms with Gasteiger partial charge in [0.05, 0.1) is 11.7 Å². The molecule has 0 aliphatic heterocycles. The highest BCUT2D eigenvalue weighted by atomic mass is 16.5. The van der Waals surface area contributed by atoms with Crippen molar-refractivity contribution in [2.24, 2.45) is 0 Å². The van der Waals surface area contributed by atoms with Crippen LogP contribution in [0.2, 0.25) is 0 Å². The van der Waals surface area contributed by atoms with Gasteiger partial charge in [0.2, 0.25) is 0 Å². The average molecular weight is 158 g/mol. The van der Waals surface area contributed by atoms with Gasteiger partial charge in [-0.15, -0.1) is 0 Å². The molecule has 0 aromatic heterocycles. The summed E-state index contributed by atoms with van der Waals surface area (Å²) in [6, 6.07) is 0.243. The highest BCUT2D eigenvalue weighted by Gasteiger charge is 2.17. The van der Waals surface area contributed by atoms with Gasteiger partial charge in [-0.1, -0.05) is 0 Å². The topological polar surface area (TPSA) is 29.5 Å². The van der Waals surface area contributed by atoms with Crippen LogP contribution in [0.3, 0.4) is 0 Å². The predicted octanol–water partition coefficient (Wildman–Crippen LogP) is 0.532. The van der Waals surface area contributed by atoms with Crippen LogP contribution in [0.25, 0.3) is 0 Å². The van der Waals surface area contributed by atoms with Crippen LogP contribution in [0.4, 0.5) is 0 Å². The Morgan fingerprint density at radius 2 is 1.91 bits per heavy atom. The molecule has 3 heteroatoms. The van der Waals surface area contributed by atoms with Gasteiger partial charge in [-0.2, -0.15) is 0 Å². The third kappa shape index (κ3) is 7.89. The van der Waals surface area contributed by atoms with Crippen molar-refractivity contribution < 1.29 is 9.84 Å². The summed E-state index contributed by atoms with van der Waals surface area (Å²) < 4.78 is 5.47. The standard InChI is InChI=1S/C8H19BO2/c1-6(11-7(2)9)5-8(3,4)10/h6-7,10H,5,9H2,1-4H3. The third-order valence-electron chi connectivity index (χ3n) is 1.29. The van der Waals surface area contributed by atoms with Crippen LogP contribution >= 0.6 is 0 Å². The normalized spacial score (nSPS) is 17.9. The van der Waals surface area contributed by atoms with Crippen molar-refractivity contribution in [3.8, 4) is 0 Å². The first kappa shape index (κ1) is 11.0. The molecule has 1 N–H and O–H groups in total. The van der Waals surface area contributed by atoms with E-state index in [1.54, 1.807) is 13.8 Å². The fourth-order valence-corrected chi connectivity index (χ4v) is 1.22. The molecule has 0 aromatic carbocycles. The number of hydrogen-bond acceptors (Lipinski definition) is 2. The molecule has 0 aliphatic rings. The lowest BCUT2D eigenvalue weighted by Gasteiger charge is -2.23. The third-order valence-corrected chi connectivity index (χ3v) is 1.29. The summed E-state index contributed by atoms with van der Waals surface area (Å²) >= 11 is 0. The van der Waals surface area contributed by atoms with Crippen LogP contribution < -0.4 is 0 Å². The second kappa shape index (κ2) is 4.12. The van der Waals surface area contributed by atoms with E-state index in [-0.39, 0.29) is 12.1 Å². The quantitative estimate of drug-likeness (QED) is 0.604. The van der Waals surface area contributed by atoms with E-state index in [0.29, 0.717) is 6.42 Å². The molecule has 0 saturated carbocycles. The van der Waals surface area contributed by atoms with Crippen molar-refractivity contribution in [3.05, 3.63) is 0 Å². The second-order valence-electron chi connectivity index (χ2n) is 4.01. The molecule has 0 aliphatic carbocycles. The molecular weight excluding hydrogens is 139 g/mol. The van der Waals surface area contributed by atoms with Crippen molar-refractivity contribution in [3.63, 3.8) is 0 Å². The van der Waals surface area contributed by atoms with E-state index in [2.05, 4.69) is 0 Å². The van der Waals surface area contributed by atoms with Crippen LogP contribution in [-0.2, 0) is 4.74 Å². The monoisotopic (exact) mass is 158 g/mol. The zero-order chi connectivity index (χ0) is 9.07. The van der Waals surface area contributed by atoms with E-state index < -0.39 is 5.60 Å². The SMILES string of the molecule is BC(C)OC(C)CC(C)(C)O. The predicted molar refractivity (Wildman–Crippen MR) is 49.5 cm³/mol. The van der Waals surface area contributed by atoms with E-state index in [0.717, 1.165) is 0 Å². The van der Waals surface area contributed by atoms with Gasteiger partial charge in [-0.3, -0.25) is 0 Å². The Kier molecular flexibility index (Phi) is 4.12. The van der Waals surface area contributed by atoms with Gasteiger partial charge in [0, 0.05) is 12.4 Å². The highest BCUT2D eigenvalue weighted by molar-refractivity contribution is 6.10. The van der Waals surface area contributed by atoms with Gasteiger partial charge in [0.25, 0.3) is 0 Å². The second-order valence-corrected chi connectivity index (χ2v) is 4.01. The van der Waals surface area contributed by atoms with E-state index in [4.69, 9.17) is 4.74 Å². The average Bonchev–Trinajstić information content (AvgIpc) is 1.53. The molecule has 66 valence electrons. The van der Waals surface area contributed by atoms with Gasteiger partial charge in [0.1, 0.15) is 7.85 Å². The van der Waals surface area contributed by atoms with Crippen molar-refractivity contribution in [1.29, 1.82) is 0 Å². The van der Waals surface area contributed by atoms with E-state index in [1.807, 2.05) is 21.7 Å². The molecule has 0 saturated heterocycles. The lowest BCUT2D eigenvalue weighted by Crippen LogP contribution is -2.28. The Labute approximate surface area is 70.4 Å². The molecule has 11 heavy (non-hydrogen) atoms. The molecule has 0 amide bonds. The molecule has 0 fully saturated rings. The Hall–Kier alpha value is -0.0151. The maximum absolute atomic E-state index is 9.42. The Balaban J connectivity index is 3.61. The van der Waals surface area contributed by atoms with Crippen LogP contribution in [-0.4, -0.2) is 30.7 Å². The summed E-state index contributed by atoms with van der Waals surface area (Å²) in [7, 11) is 2.00. The number of ether oxygens (including phenoxy) is 1. The smallest absolute Gasteiger partial charge is 0.138 e. The van der Waals surface area contributed by atoms with Crippen LogP contribution in [0.15, 0.2) is 0 Å². The van der Waals surface area contributed by atoms with Gasteiger partial charge >= 0.3 is 0 Å². The Bertz CT molecular complexity index is 107. The maximum atomic E-state index is 9.42. The molecular formula is C8H19BO2. The molecule has 0 rings (SSSR count). The first-order valence-corrected chi connectivity index (χ1v) is 4.19. The molecule has 2 unspecified atom stereocenters. The number of rotatable bonds is 4. The summed E-state index contributed by atoms with van der Waals surface area (Å²) in [5.74, 6) is 0. The molecule has 0 bridgehead atoms. The highest BCUT2D eigenvalue weighted by Crippen LogP contribution is 2.13. The van der Waals surface area contributed by atoms with E-state index >= 15 is 0 Å². The Morgan fingerprint density at radius 1 is 1.45 bits per heavy atom. The lowest BCUT2D eigenvalue weighted by molar-refractivity contribution is -0.0190. The lowest BCUT2D eigenvalue weighted by atomic mass is 9.99. The van der Waals surface area contributed by atoms with Gasteiger partial charge in [0.15, 0.2) is 0 Å². The first-order chi connectivity index (χ1) is 4.81. The minimum absolute atomic E-state index is 0.134. The minimum atomic E-state index is -0.617. The van der Waals surface area contributed by atoms with Crippen LogP contribution in [0.5, 0.6) is 0 Å². The Morgan fingerprint density at radius 3 is 2.18 bits per heavy atom. The van der Waals surface area contributed by atoms with Gasteiger partial charge < -0.3 is 9.84 Å². The van der Waals surface area contributed by atoms with Crippen LogP contribution in [0.1, 0.15) is 34.1 Å². The molecule has 2 atom stereocenters. The van der Waals surface area contributed by atoms with Crippen molar-refractivity contribution in [2.75, 3.05) is 0 Å². The van der Waals surface area contributed by atoms with Gasteiger partial charge in [-0.05, 0) is 27.7 Å². The van der Waals surface area contributed by atoms with Crippen molar-refractivity contribution in [1.82, 2.24) is 0 Å². The van der Waals surface area contributed by atoms with Gasteiger partial charge in [-0.25, -0.2) is 0 Å². The van der Waals surface area contributed by atoms with E-state index in [9.17, 15) is 5.11 Å². The molecule has 0 spiro atoms. The fourth-order valence-electron chi connectivity index (χ4n) is 1.22. The first-order valence-electron chi connectivity index (χ1n) is 4.19. The zero-order valence-corrected chi connectivity index (χ0v) is 8.22. The van der Waals surface area contributed by atoms with Crippen molar-refractivity contribution >= 4 is 7.85 Å². The fraction of sp³-hybridized carbons (Fsp3) is 1.00. The summed E-state index contributed by atoms with van der Waals surface area (Å²) in [6.07, 6.45) is 0.820. The molecule has 0 radical (unpaired) electrons. The summed E-state index contributed by atoms with van der Waals surface area (Å²) in [4.78, 5) is 0. The zero-order valence-electron chi connectivity index (χ0n) is 8.22. The largest absolute Gasteiger partial charge is 0.390 e. The van der Waals surface area contributed by atoms with Crippen LogP contribution in [0, 0.1) is 0 Å². The minimum Gasteiger partial charge on any atom is -0.390 e. The number of aliphatic hydroxyl groups is 1. The van der Waals surface area contributed by atoms with E-state index in [1.165, 1.54) is 0 Å². The van der Waals surface area contributed by atoms with Crippen molar-refractivity contribution in [2.45, 2.75) is 51.8 Å². The number of hydrogen-bond donors (Lipinski definition) is 1. The molecule has 0 aromatic rings. The summed E-state index contributed by atoms with van der Waals surface area (Å²) in [5, 5.41) is 9.42. The summed E-state index contributed by atoms with van der Waals surface area (Å²) in [5.41, 5.74) is -0.617. The maximum Gasteiger partial charge on any atom is 0.138 e. The summed E-state index contributed by atoms with van der Waals surface area (Å²) in [6.45, 7) is 7.58. The molecule has 0 heterocycles.